The molecule has 0 amide bonds. The molecule has 1 aromatic heterocycles. The molecule has 1 heterocycles. The summed E-state index contributed by atoms with van der Waals surface area (Å²) >= 11 is 6.25. The highest BCUT2D eigenvalue weighted by atomic mass is 35.5. The third kappa shape index (κ3) is 4.40. The molecule has 4 aromatic rings. The highest BCUT2D eigenvalue weighted by Gasteiger charge is 2.20. The Balaban J connectivity index is 1.86. The second-order valence-corrected chi connectivity index (χ2v) is 7.85. The summed E-state index contributed by atoms with van der Waals surface area (Å²) < 4.78 is 16.1. The smallest absolute Gasteiger partial charge is 0.260 e. The van der Waals surface area contributed by atoms with E-state index in [2.05, 4.69) is 4.98 Å². The van der Waals surface area contributed by atoms with Gasteiger partial charge >= 0.3 is 0 Å². The van der Waals surface area contributed by atoms with Gasteiger partial charge in [-0.1, -0.05) is 48.0 Å². The van der Waals surface area contributed by atoms with Gasteiger partial charge in [0.2, 0.25) is 5.75 Å². The summed E-state index contributed by atoms with van der Waals surface area (Å²) in [7, 11) is 4.55. The van der Waals surface area contributed by atoms with E-state index >= 15 is 0 Å². The number of nitrogens with one attached hydrogen (secondary N) is 1. The van der Waals surface area contributed by atoms with Gasteiger partial charge in [0, 0.05) is 21.5 Å². The minimum atomic E-state index is -0.479. The van der Waals surface area contributed by atoms with Gasteiger partial charge in [-0.15, -0.1) is 0 Å². The van der Waals surface area contributed by atoms with Crippen molar-refractivity contribution in [2.75, 3.05) is 21.3 Å². The van der Waals surface area contributed by atoms with Crippen LogP contribution in [-0.4, -0.2) is 32.1 Å². The molecule has 0 fully saturated rings. The molecule has 0 radical (unpaired) electrons. The van der Waals surface area contributed by atoms with E-state index in [1.165, 1.54) is 27.4 Å². The second-order valence-electron chi connectivity index (χ2n) is 7.42. The number of allylic oxidation sites excluding steroid dienone is 1. The minimum absolute atomic E-state index is 0.0321. The lowest BCUT2D eigenvalue weighted by molar-refractivity contribution is 0.104. The van der Waals surface area contributed by atoms with E-state index in [4.69, 9.17) is 25.8 Å². The average Bonchev–Trinajstić information content (AvgIpc) is 2.86. The Morgan fingerprint density at radius 2 is 1.59 bits per heavy atom. The van der Waals surface area contributed by atoms with Crippen molar-refractivity contribution in [2.24, 2.45) is 0 Å². The molecule has 0 bridgehead atoms. The lowest BCUT2D eigenvalue weighted by atomic mass is 9.94. The van der Waals surface area contributed by atoms with Crippen LogP contribution in [-0.2, 0) is 0 Å². The molecular formula is C27H22ClNO5. The lowest BCUT2D eigenvalue weighted by Crippen LogP contribution is -2.18. The van der Waals surface area contributed by atoms with Gasteiger partial charge < -0.3 is 19.2 Å². The summed E-state index contributed by atoms with van der Waals surface area (Å²) in [5.41, 5.74) is 2.06. The van der Waals surface area contributed by atoms with Gasteiger partial charge in [-0.3, -0.25) is 9.59 Å². The quantitative estimate of drug-likeness (QED) is 0.271. The summed E-state index contributed by atoms with van der Waals surface area (Å²) in [5, 5.41) is 1.19. The van der Waals surface area contributed by atoms with Crippen LogP contribution in [0.15, 0.2) is 71.5 Å². The number of carbonyl (C=O) groups is 1. The molecule has 0 unspecified atom stereocenters. The summed E-state index contributed by atoms with van der Waals surface area (Å²) in [5.74, 6) is 0.910. The highest BCUT2D eigenvalue weighted by molar-refractivity contribution is 6.31. The Labute approximate surface area is 201 Å². The first-order chi connectivity index (χ1) is 16.5. The number of hydrogen-bond acceptors (Lipinski definition) is 5. The fourth-order valence-corrected chi connectivity index (χ4v) is 4.03. The van der Waals surface area contributed by atoms with Crippen LogP contribution in [0.5, 0.6) is 17.2 Å². The van der Waals surface area contributed by atoms with Crippen molar-refractivity contribution >= 4 is 34.4 Å². The molecule has 0 aliphatic rings. The van der Waals surface area contributed by atoms with E-state index in [-0.39, 0.29) is 5.56 Å². The number of aromatic nitrogens is 1. The van der Waals surface area contributed by atoms with Gasteiger partial charge in [0.25, 0.3) is 5.56 Å². The predicted molar refractivity (Wildman–Crippen MR) is 134 cm³/mol. The number of pyridine rings is 1. The van der Waals surface area contributed by atoms with Crippen LogP contribution in [0.25, 0.3) is 28.1 Å². The SMILES string of the molecule is COc1cc(/C=C/C(=O)c2c(-c3ccccc3)c3cc(Cl)ccc3[nH]c2=O)cc(OC)c1OC. The Morgan fingerprint density at radius 1 is 0.912 bits per heavy atom. The van der Waals surface area contributed by atoms with E-state index in [9.17, 15) is 9.59 Å². The number of H-pyrrole nitrogens is 1. The number of fused-ring (bicyclic) bond motifs is 1. The fourth-order valence-electron chi connectivity index (χ4n) is 3.86. The van der Waals surface area contributed by atoms with Crippen LogP contribution in [0.1, 0.15) is 15.9 Å². The molecule has 172 valence electrons. The summed E-state index contributed by atoms with van der Waals surface area (Å²) in [4.78, 5) is 29.2. The van der Waals surface area contributed by atoms with Crippen LogP contribution in [0.2, 0.25) is 5.02 Å². The van der Waals surface area contributed by atoms with Crippen molar-refractivity contribution in [3.05, 3.63) is 93.2 Å². The van der Waals surface area contributed by atoms with Gasteiger partial charge in [-0.05, 0) is 47.5 Å². The zero-order chi connectivity index (χ0) is 24.2. The summed E-state index contributed by atoms with van der Waals surface area (Å²) in [6.45, 7) is 0. The topological polar surface area (TPSA) is 77.6 Å². The van der Waals surface area contributed by atoms with Crippen LogP contribution in [0.4, 0.5) is 0 Å². The molecule has 4 rings (SSSR count). The molecular weight excluding hydrogens is 454 g/mol. The number of benzene rings is 3. The predicted octanol–water partition coefficient (Wildman–Crippen LogP) is 5.77. The lowest BCUT2D eigenvalue weighted by Gasteiger charge is -2.13. The van der Waals surface area contributed by atoms with Gasteiger partial charge in [0.1, 0.15) is 0 Å². The normalized spacial score (nSPS) is 11.1. The first kappa shape index (κ1) is 23.1. The zero-order valence-corrected chi connectivity index (χ0v) is 19.6. The fraction of sp³-hybridized carbons (Fsp3) is 0.111. The maximum atomic E-state index is 13.4. The molecule has 1 N–H and O–H groups in total. The Kier molecular flexibility index (Phi) is 6.70. The van der Waals surface area contributed by atoms with Crippen molar-refractivity contribution < 1.29 is 19.0 Å². The van der Waals surface area contributed by atoms with Crippen molar-refractivity contribution in [1.82, 2.24) is 4.98 Å². The number of carbonyl (C=O) groups excluding carboxylic acids is 1. The molecule has 7 heteroatoms. The molecule has 0 spiro atoms. The maximum absolute atomic E-state index is 13.4. The van der Waals surface area contributed by atoms with E-state index < -0.39 is 11.3 Å². The molecule has 0 saturated heterocycles. The number of ether oxygens (including phenoxy) is 3. The number of aromatic amines is 1. The number of rotatable bonds is 7. The molecule has 6 nitrogen and oxygen atoms in total. The van der Waals surface area contributed by atoms with E-state index in [1.807, 2.05) is 30.3 Å². The van der Waals surface area contributed by atoms with E-state index in [0.29, 0.717) is 44.3 Å². The summed E-state index contributed by atoms with van der Waals surface area (Å²) in [6.07, 6.45) is 2.96. The molecule has 3 aromatic carbocycles. The maximum Gasteiger partial charge on any atom is 0.260 e. The number of hydrogen-bond donors (Lipinski definition) is 1. The second kappa shape index (κ2) is 9.85. The van der Waals surface area contributed by atoms with Gasteiger partial charge in [0.05, 0.1) is 26.9 Å². The molecule has 0 atom stereocenters. The Bertz CT molecular complexity index is 1430. The zero-order valence-electron chi connectivity index (χ0n) is 18.8. The van der Waals surface area contributed by atoms with Crippen molar-refractivity contribution in [1.29, 1.82) is 0 Å². The van der Waals surface area contributed by atoms with Crippen LogP contribution in [0, 0.1) is 0 Å². The van der Waals surface area contributed by atoms with Gasteiger partial charge in [0.15, 0.2) is 17.3 Å². The Hall–Kier alpha value is -4.03. The van der Waals surface area contributed by atoms with Gasteiger partial charge in [-0.2, -0.15) is 0 Å². The first-order valence-electron chi connectivity index (χ1n) is 10.4. The van der Waals surface area contributed by atoms with Crippen molar-refractivity contribution in [3.8, 4) is 28.4 Å². The molecule has 34 heavy (non-hydrogen) atoms. The minimum Gasteiger partial charge on any atom is -0.493 e. The van der Waals surface area contributed by atoms with Crippen LogP contribution in [0.3, 0.4) is 0 Å². The van der Waals surface area contributed by atoms with Crippen LogP contribution < -0.4 is 19.8 Å². The molecule has 0 aliphatic heterocycles. The van der Waals surface area contributed by atoms with E-state index in [0.717, 1.165) is 5.56 Å². The van der Waals surface area contributed by atoms with Crippen molar-refractivity contribution in [3.63, 3.8) is 0 Å². The van der Waals surface area contributed by atoms with E-state index in [1.54, 1.807) is 36.4 Å². The third-order valence-electron chi connectivity index (χ3n) is 5.40. The number of methoxy groups -OCH3 is 3. The monoisotopic (exact) mass is 475 g/mol. The highest BCUT2D eigenvalue weighted by Crippen LogP contribution is 2.38. The van der Waals surface area contributed by atoms with Crippen molar-refractivity contribution in [2.45, 2.75) is 0 Å². The first-order valence-corrected chi connectivity index (χ1v) is 10.8. The Morgan fingerprint density at radius 3 is 2.21 bits per heavy atom. The molecule has 0 aliphatic carbocycles. The van der Waals surface area contributed by atoms with Gasteiger partial charge in [-0.25, -0.2) is 0 Å². The summed E-state index contributed by atoms with van der Waals surface area (Å²) in [6, 6.07) is 17.9. The standard InChI is InChI=1S/C27H22ClNO5/c1-32-22-13-16(14-23(33-2)26(22)34-3)9-12-21(30)25-24(17-7-5-4-6-8-17)19-15-18(28)10-11-20(19)29-27(25)31/h4-15H,1-3H3,(H,29,31)/b12-9+. The average molecular weight is 476 g/mol. The largest absolute Gasteiger partial charge is 0.493 e. The number of ketones is 1. The molecule has 0 saturated carbocycles. The number of halogens is 1. The third-order valence-corrected chi connectivity index (χ3v) is 5.63. The van der Waals surface area contributed by atoms with Crippen LogP contribution >= 0.6 is 11.6 Å².